The molecule has 30 heavy (non-hydrogen) atoms. The van der Waals surface area contributed by atoms with Crippen molar-refractivity contribution in [1.82, 2.24) is 19.8 Å². The number of carbonyl (C=O) groups excluding carboxylic acids is 1. The molecule has 1 saturated heterocycles. The zero-order valence-corrected chi connectivity index (χ0v) is 17.8. The Balaban J connectivity index is 1.53. The molecule has 6 nitrogen and oxygen atoms in total. The van der Waals surface area contributed by atoms with Gasteiger partial charge in [-0.1, -0.05) is 71.9 Å². The topological polar surface area (TPSA) is 63.1 Å². The minimum absolute atomic E-state index is 0.156. The lowest BCUT2D eigenvalue weighted by Gasteiger charge is -2.37. The number of carbonyl (C=O) groups is 1. The van der Waals surface area contributed by atoms with Gasteiger partial charge < -0.3 is 10.3 Å². The molecule has 2 aliphatic heterocycles. The summed E-state index contributed by atoms with van der Waals surface area (Å²) in [5, 5.41) is 9.27. The van der Waals surface area contributed by atoms with E-state index >= 15 is 0 Å². The Kier molecular flexibility index (Phi) is 5.21. The Morgan fingerprint density at radius 3 is 2.47 bits per heavy atom. The normalized spacial score (nSPS) is 21.0. The van der Waals surface area contributed by atoms with Crippen LogP contribution in [-0.2, 0) is 4.79 Å². The number of likely N-dealkylation sites (tertiary alicyclic amines) is 1. The highest BCUT2D eigenvalue weighted by Gasteiger charge is 2.40. The number of aryl methyl sites for hydroxylation is 1. The van der Waals surface area contributed by atoms with Crippen molar-refractivity contribution >= 4 is 17.7 Å². The molecule has 0 unspecified atom stereocenters. The van der Waals surface area contributed by atoms with Crippen LogP contribution in [0.1, 0.15) is 36.4 Å². The van der Waals surface area contributed by atoms with Crippen molar-refractivity contribution in [2.24, 2.45) is 0 Å². The van der Waals surface area contributed by atoms with E-state index < -0.39 is 0 Å². The number of piperidine rings is 1. The summed E-state index contributed by atoms with van der Waals surface area (Å²) >= 11 is 1.52. The van der Waals surface area contributed by atoms with Crippen molar-refractivity contribution in [2.75, 3.05) is 18.5 Å². The monoisotopic (exact) mass is 419 g/mol. The molecular weight excluding hydrogens is 394 g/mol. The number of nitrogens with one attached hydrogen (secondary N) is 1. The van der Waals surface area contributed by atoms with E-state index in [4.69, 9.17) is 0 Å². The molecule has 2 aliphatic rings. The van der Waals surface area contributed by atoms with Gasteiger partial charge in [0, 0.05) is 18.7 Å². The van der Waals surface area contributed by atoms with Gasteiger partial charge in [0.2, 0.25) is 11.1 Å². The summed E-state index contributed by atoms with van der Waals surface area (Å²) in [6.45, 7) is 3.77. The third-order valence-electron chi connectivity index (χ3n) is 5.82. The van der Waals surface area contributed by atoms with Crippen molar-refractivity contribution < 1.29 is 4.79 Å². The lowest BCUT2D eigenvalue weighted by atomic mass is 10.0. The van der Waals surface area contributed by atoms with Crippen LogP contribution in [0.2, 0.25) is 0 Å². The van der Waals surface area contributed by atoms with Crippen LogP contribution in [0.15, 0.2) is 59.8 Å². The summed E-state index contributed by atoms with van der Waals surface area (Å²) in [4.78, 5) is 15.5. The molecule has 154 valence electrons. The van der Waals surface area contributed by atoms with E-state index in [9.17, 15) is 4.79 Å². The first-order valence-electron chi connectivity index (χ1n) is 10.5. The van der Waals surface area contributed by atoms with Crippen LogP contribution < -0.4 is 5.43 Å². The largest absolute Gasteiger partial charge is 0.342 e. The summed E-state index contributed by atoms with van der Waals surface area (Å²) in [6, 6.07) is 18.3. The summed E-state index contributed by atoms with van der Waals surface area (Å²) in [5.74, 6) is 0.951. The van der Waals surface area contributed by atoms with Crippen molar-refractivity contribution in [3.05, 3.63) is 65.7 Å². The van der Waals surface area contributed by atoms with Crippen molar-refractivity contribution in [2.45, 2.75) is 42.6 Å². The van der Waals surface area contributed by atoms with Crippen LogP contribution in [-0.4, -0.2) is 44.0 Å². The first kappa shape index (κ1) is 19.2. The third-order valence-corrected chi connectivity index (χ3v) is 7.02. The second-order valence-corrected chi connectivity index (χ2v) is 9.06. The Morgan fingerprint density at radius 1 is 1.00 bits per heavy atom. The van der Waals surface area contributed by atoms with Crippen molar-refractivity contribution in [3.8, 4) is 11.4 Å². The number of benzene rings is 2. The highest BCUT2D eigenvalue weighted by molar-refractivity contribution is 8.00. The summed E-state index contributed by atoms with van der Waals surface area (Å²) in [7, 11) is 0. The zero-order chi connectivity index (χ0) is 20.5. The molecule has 0 radical (unpaired) electrons. The minimum atomic E-state index is -0.272. The van der Waals surface area contributed by atoms with Gasteiger partial charge in [-0.3, -0.25) is 4.79 Å². The van der Waals surface area contributed by atoms with Gasteiger partial charge in [0.15, 0.2) is 5.82 Å². The number of aromatic nitrogens is 3. The maximum Gasteiger partial charge on any atom is 0.238 e. The molecule has 2 aromatic carbocycles. The van der Waals surface area contributed by atoms with Crippen LogP contribution in [0.4, 0.5) is 0 Å². The van der Waals surface area contributed by atoms with E-state index in [-0.39, 0.29) is 17.2 Å². The molecule has 1 amide bonds. The molecule has 0 saturated carbocycles. The number of thioether (sulfide) groups is 1. The molecule has 2 atom stereocenters. The lowest BCUT2D eigenvalue weighted by molar-refractivity contribution is -0.131. The fraction of sp³-hybridized carbons (Fsp3) is 0.348. The van der Waals surface area contributed by atoms with Gasteiger partial charge in [0.25, 0.3) is 0 Å². The second-order valence-electron chi connectivity index (χ2n) is 7.95. The van der Waals surface area contributed by atoms with Crippen LogP contribution in [0, 0.1) is 6.92 Å². The molecule has 1 fully saturated rings. The quantitative estimate of drug-likeness (QED) is 0.695. The van der Waals surface area contributed by atoms with E-state index in [0.29, 0.717) is 0 Å². The van der Waals surface area contributed by atoms with Crippen LogP contribution in [0.3, 0.4) is 0 Å². The maximum atomic E-state index is 13.5. The minimum Gasteiger partial charge on any atom is -0.342 e. The standard InChI is InChI=1S/C23H25N5OS/c1-16-10-12-17(13-11-16)19-20(22(29)27-14-6-3-7-15-27)30-23-25-24-21(28(23)26-19)18-8-4-2-5-9-18/h2,4-5,8-13,19-20,26H,3,6-7,14-15H2,1H3/t19-,20+/m1/s1. The first-order valence-corrected chi connectivity index (χ1v) is 11.4. The molecule has 3 heterocycles. The lowest BCUT2D eigenvalue weighted by Crippen LogP contribution is -2.47. The van der Waals surface area contributed by atoms with Crippen LogP contribution >= 0.6 is 11.8 Å². The van der Waals surface area contributed by atoms with E-state index in [1.54, 1.807) is 0 Å². The highest BCUT2D eigenvalue weighted by Crippen LogP contribution is 2.39. The fourth-order valence-electron chi connectivity index (χ4n) is 4.14. The molecule has 1 aromatic heterocycles. The number of hydrogen-bond acceptors (Lipinski definition) is 5. The second kappa shape index (κ2) is 8.14. The van der Waals surface area contributed by atoms with Gasteiger partial charge in [-0.2, -0.15) is 0 Å². The molecule has 5 rings (SSSR count). The van der Waals surface area contributed by atoms with Crippen molar-refractivity contribution in [3.63, 3.8) is 0 Å². The molecule has 0 aliphatic carbocycles. The summed E-state index contributed by atoms with van der Waals surface area (Å²) in [5.41, 5.74) is 6.87. The molecule has 0 spiro atoms. The average molecular weight is 420 g/mol. The van der Waals surface area contributed by atoms with Crippen LogP contribution in [0.5, 0.6) is 0 Å². The molecule has 3 aromatic rings. The number of hydrogen-bond donors (Lipinski definition) is 1. The van der Waals surface area contributed by atoms with Gasteiger partial charge in [-0.25, -0.2) is 4.68 Å². The van der Waals surface area contributed by atoms with Gasteiger partial charge >= 0.3 is 0 Å². The number of amides is 1. The first-order chi connectivity index (χ1) is 14.7. The fourth-order valence-corrected chi connectivity index (χ4v) is 5.30. The van der Waals surface area contributed by atoms with Crippen LogP contribution in [0.25, 0.3) is 11.4 Å². The van der Waals surface area contributed by atoms with Gasteiger partial charge in [-0.05, 0) is 31.7 Å². The van der Waals surface area contributed by atoms with E-state index in [2.05, 4.69) is 46.8 Å². The van der Waals surface area contributed by atoms with E-state index in [1.165, 1.54) is 23.7 Å². The maximum absolute atomic E-state index is 13.5. The van der Waals surface area contributed by atoms with Gasteiger partial charge in [0.1, 0.15) is 5.25 Å². The predicted molar refractivity (Wildman–Crippen MR) is 119 cm³/mol. The smallest absolute Gasteiger partial charge is 0.238 e. The number of nitrogens with zero attached hydrogens (tertiary/aromatic N) is 4. The highest BCUT2D eigenvalue weighted by atomic mass is 32.2. The Hall–Kier alpha value is -2.80. The SMILES string of the molecule is Cc1ccc([C@H]2Nn3c(nnc3-c3ccccc3)S[C@@H]2C(=O)N2CCCCC2)cc1. The third kappa shape index (κ3) is 3.58. The Bertz CT molecular complexity index is 1030. The zero-order valence-electron chi connectivity index (χ0n) is 17.0. The van der Waals surface area contributed by atoms with E-state index in [1.807, 2.05) is 39.9 Å². The summed E-state index contributed by atoms with van der Waals surface area (Å²) < 4.78 is 1.94. The molecule has 1 N–H and O–H groups in total. The molecule has 7 heteroatoms. The number of rotatable bonds is 3. The van der Waals surface area contributed by atoms with E-state index in [0.717, 1.165) is 48.0 Å². The Morgan fingerprint density at radius 2 is 1.73 bits per heavy atom. The number of fused-ring (bicyclic) bond motifs is 1. The molecular formula is C23H25N5OS. The van der Waals surface area contributed by atoms with Crippen molar-refractivity contribution in [1.29, 1.82) is 0 Å². The Labute approximate surface area is 180 Å². The summed E-state index contributed by atoms with van der Waals surface area (Å²) in [6.07, 6.45) is 3.37. The predicted octanol–water partition coefficient (Wildman–Crippen LogP) is 4.03. The van der Waals surface area contributed by atoms with Gasteiger partial charge in [0.05, 0.1) is 6.04 Å². The van der Waals surface area contributed by atoms with Gasteiger partial charge in [-0.15, -0.1) is 10.2 Å². The molecule has 0 bridgehead atoms. The average Bonchev–Trinajstić information content (AvgIpc) is 3.22.